The van der Waals surface area contributed by atoms with E-state index >= 15 is 0 Å². The number of carbonyl (C=O) groups is 1. The number of rotatable bonds is 2. The number of pyridine rings is 1. The second-order valence-corrected chi connectivity index (χ2v) is 5.38. The van der Waals surface area contributed by atoms with Gasteiger partial charge < -0.3 is 15.8 Å². The fraction of sp³-hybridized carbons (Fsp3) is 0.143. The molecule has 0 fully saturated rings. The second-order valence-electron chi connectivity index (χ2n) is 4.53. The van der Waals surface area contributed by atoms with Gasteiger partial charge in [0.15, 0.2) is 0 Å². The normalized spacial score (nSPS) is 13.1. The first-order valence-corrected chi connectivity index (χ1v) is 6.85. The number of benzene rings is 1. The lowest BCUT2D eigenvalue weighted by atomic mass is 10.1. The number of carbonyl (C=O) groups excluding carboxylic acids is 1. The van der Waals surface area contributed by atoms with Crippen LogP contribution in [0.2, 0.25) is 0 Å². The van der Waals surface area contributed by atoms with Crippen molar-refractivity contribution in [2.24, 2.45) is 0 Å². The maximum atomic E-state index is 12.2. The summed E-state index contributed by atoms with van der Waals surface area (Å²) in [5.74, 6) is 0.235. The van der Waals surface area contributed by atoms with Crippen molar-refractivity contribution in [1.82, 2.24) is 4.98 Å². The summed E-state index contributed by atoms with van der Waals surface area (Å²) < 4.78 is 5.98. The Labute approximate surface area is 124 Å². The predicted octanol–water partition coefficient (Wildman–Crippen LogP) is 2.71. The first-order chi connectivity index (χ1) is 9.63. The Morgan fingerprint density at radius 3 is 2.90 bits per heavy atom. The largest absolute Gasteiger partial charge is 0.397 e. The van der Waals surface area contributed by atoms with Crippen molar-refractivity contribution >= 4 is 33.3 Å². The van der Waals surface area contributed by atoms with Gasteiger partial charge in [-0.2, -0.15) is 0 Å². The van der Waals surface area contributed by atoms with Crippen molar-refractivity contribution in [2.45, 2.75) is 13.2 Å². The molecule has 0 saturated heterocycles. The van der Waals surface area contributed by atoms with Gasteiger partial charge in [0.25, 0.3) is 5.91 Å². The molecule has 0 aliphatic carbocycles. The monoisotopic (exact) mass is 333 g/mol. The van der Waals surface area contributed by atoms with E-state index in [9.17, 15) is 4.79 Å². The standard InChI is InChI=1S/C14H12BrN3O2/c15-12-4-11(16)5-17-13(12)18-14(19)8-1-2-9-6-20-7-10(9)3-8/h1-5H,6-7,16H2,(H,17,18,19). The lowest BCUT2D eigenvalue weighted by Gasteiger charge is -2.08. The smallest absolute Gasteiger partial charge is 0.256 e. The van der Waals surface area contributed by atoms with E-state index in [2.05, 4.69) is 26.2 Å². The van der Waals surface area contributed by atoms with Gasteiger partial charge in [-0.1, -0.05) is 6.07 Å². The SMILES string of the molecule is Nc1cnc(NC(=O)c2ccc3c(c2)COC3)c(Br)c1. The van der Waals surface area contributed by atoms with E-state index in [-0.39, 0.29) is 5.91 Å². The van der Waals surface area contributed by atoms with Gasteiger partial charge in [-0.25, -0.2) is 4.98 Å². The fourth-order valence-corrected chi connectivity index (χ4v) is 2.50. The number of nitrogens with zero attached hydrogens (tertiary/aromatic N) is 1. The molecule has 3 N–H and O–H groups in total. The number of amides is 1. The van der Waals surface area contributed by atoms with Crippen LogP contribution in [0.3, 0.4) is 0 Å². The van der Waals surface area contributed by atoms with E-state index < -0.39 is 0 Å². The Balaban J connectivity index is 1.82. The number of nitrogens with one attached hydrogen (secondary N) is 1. The van der Waals surface area contributed by atoms with Gasteiger partial charge in [-0.3, -0.25) is 4.79 Å². The van der Waals surface area contributed by atoms with E-state index in [4.69, 9.17) is 10.5 Å². The van der Waals surface area contributed by atoms with E-state index in [0.29, 0.717) is 34.8 Å². The van der Waals surface area contributed by atoms with Crippen LogP contribution in [-0.2, 0) is 18.0 Å². The summed E-state index contributed by atoms with van der Waals surface area (Å²) in [5, 5.41) is 2.75. The third kappa shape index (κ3) is 2.52. The molecular formula is C14H12BrN3O2. The molecule has 0 radical (unpaired) electrons. The minimum atomic E-state index is -0.210. The third-order valence-corrected chi connectivity index (χ3v) is 3.68. The highest BCUT2D eigenvalue weighted by molar-refractivity contribution is 9.10. The topological polar surface area (TPSA) is 77.2 Å². The van der Waals surface area contributed by atoms with Crippen LogP contribution >= 0.6 is 15.9 Å². The number of halogens is 1. The molecule has 3 rings (SSSR count). The molecule has 1 aliphatic rings. The number of hydrogen-bond donors (Lipinski definition) is 2. The molecule has 2 aromatic rings. The third-order valence-electron chi connectivity index (χ3n) is 3.08. The summed E-state index contributed by atoms with van der Waals surface area (Å²) in [5.41, 5.74) is 8.92. The van der Waals surface area contributed by atoms with Crippen LogP contribution in [-0.4, -0.2) is 10.9 Å². The average Bonchev–Trinajstić information content (AvgIpc) is 2.89. The molecule has 0 atom stereocenters. The molecule has 1 amide bonds. The first kappa shape index (κ1) is 13.1. The number of ether oxygens (including phenoxy) is 1. The van der Waals surface area contributed by atoms with E-state index in [1.54, 1.807) is 12.1 Å². The molecular weight excluding hydrogens is 322 g/mol. The van der Waals surface area contributed by atoms with Gasteiger partial charge in [0, 0.05) is 5.56 Å². The van der Waals surface area contributed by atoms with Gasteiger partial charge in [-0.15, -0.1) is 0 Å². The number of fused-ring (bicyclic) bond motifs is 1. The maximum absolute atomic E-state index is 12.2. The second kappa shape index (κ2) is 5.22. The first-order valence-electron chi connectivity index (χ1n) is 6.05. The number of anilines is 2. The Hall–Kier alpha value is -1.92. The lowest BCUT2D eigenvalue weighted by molar-refractivity contribution is 0.102. The van der Waals surface area contributed by atoms with Crippen LogP contribution in [0.15, 0.2) is 34.9 Å². The predicted molar refractivity (Wildman–Crippen MR) is 79.2 cm³/mol. The zero-order valence-corrected chi connectivity index (χ0v) is 12.1. The highest BCUT2D eigenvalue weighted by Gasteiger charge is 2.15. The number of hydrogen-bond acceptors (Lipinski definition) is 4. The summed E-state index contributed by atoms with van der Waals surface area (Å²) in [6.07, 6.45) is 1.50. The maximum Gasteiger partial charge on any atom is 0.256 e. The molecule has 0 saturated carbocycles. The van der Waals surface area contributed by atoms with Gasteiger partial charge in [0.2, 0.25) is 0 Å². The Morgan fingerprint density at radius 1 is 1.30 bits per heavy atom. The summed E-state index contributed by atoms with van der Waals surface area (Å²) in [6, 6.07) is 7.25. The molecule has 0 spiro atoms. The zero-order valence-electron chi connectivity index (χ0n) is 10.5. The Morgan fingerprint density at radius 2 is 2.10 bits per heavy atom. The number of nitrogen functional groups attached to an aromatic ring is 1. The van der Waals surface area contributed by atoms with Crippen LogP contribution in [0, 0.1) is 0 Å². The van der Waals surface area contributed by atoms with Gasteiger partial charge in [-0.05, 0) is 45.3 Å². The van der Waals surface area contributed by atoms with Crippen LogP contribution in [0.4, 0.5) is 11.5 Å². The van der Waals surface area contributed by atoms with Gasteiger partial charge in [0.1, 0.15) is 5.82 Å². The molecule has 1 aromatic carbocycles. The zero-order chi connectivity index (χ0) is 14.1. The molecule has 20 heavy (non-hydrogen) atoms. The van der Waals surface area contributed by atoms with E-state index in [1.165, 1.54) is 6.20 Å². The average molecular weight is 334 g/mol. The van der Waals surface area contributed by atoms with Crippen molar-refractivity contribution in [2.75, 3.05) is 11.1 Å². The van der Waals surface area contributed by atoms with Crippen molar-refractivity contribution in [3.8, 4) is 0 Å². The molecule has 0 bridgehead atoms. The fourth-order valence-electron chi connectivity index (χ4n) is 2.04. The molecule has 0 unspecified atom stereocenters. The Kier molecular flexibility index (Phi) is 3.42. The molecule has 102 valence electrons. The quantitative estimate of drug-likeness (QED) is 0.885. The van der Waals surface area contributed by atoms with Crippen molar-refractivity contribution in [3.05, 3.63) is 51.6 Å². The Bertz CT molecular complexity index is 688. The van der Waals surface area contributed by atoms with Crippen LogP contribution in [0.25, 0.3) is 0 Å². The minimum Gasteiger partial charge on any atom is -0.397 e. The van der Waals surface area contributed by atoms with E-state index in [0.717, 1.165) is 11.1 Å². The summed E-state index contributed by atoms with van der Waals surface area (Å²) in [7, 11) is 0. The van der Waals surface area contributed by atoms with Crippen LogP contribution < -0.4 is 11.1 Å². The molecule has 1 aliphatic heterocycles. The van der Waals surface area contributed by atoms with Crippen LogP contribution in [0.1, 0.15) is 21.5 Å². The summed E-state index contributed by atoms with van der Waals surface area (Å²) in [4.78, 5) is 16.3. The highest BCUT2D eigenvalue weighted by atomic mass is 79.9. The summed E-state index contributed by atoms with van der Waals surface area (Å²) in [6.45, 7) is 1.17. The minimum absolute atomic E-state index is 0.210. The molecule has 2 heterocycles. The number of aromatic nitrogens is 1. The van der Waals surface area contributed by atoms with Crippen molar-refractivity contribution < 1.29 is 9.53 Å². The van der Waals surface area contributed by atoms with Crippen molar-refractivity contribution in [1.29, 1.82) is 0 Å². The number of nitrogens with two attached hydrogens (primary N) is 1. The summed E-state index contributed by atoms with van der Waals surface area (Å²) >= 11 is 3.32. The van der Waals surface area contributed by atoms with Gasteiger partial charge in [0.05, 0.1) is 29.6 Å². The van der Waals surface area contributed by atoms with Gasteiger partial charge >= 0.3 is 0 Å². The van der Waals surface area contributed by atoms with E-state index in [1.807, 2.05) is 12.1 Å². The molecule has 1 aromatic heterocycles. The van der Waals surface area contributed by atoms with Crippen LogP contribution in [0.5, 0.6) is 0 Å². The van der Waals surface area contributed by atoms with Crippen molar-refractivity contribution in [3.63, 3.8) is 0 Å². The molecule has 6 heteroatoms. The lowest BCUT2D eigenvalue weighted by Crippen LogP contribution is -2.14. The highest BCUT2D eigenvalue weighted by Crippen LogP contribution is 2.24. The molecule has 5 nitrogen and oxygen atoms in total.